The molecule has 0 spiro atoms. The van der Waals surface area contributed by atoms with Crippen molar-refractivity contribution in [3.05, 3.63) is 11.4 Å². The Bertz CT molecular complexity index is 516. The first-order chi connectivity index (χ1) is 10.2. The minimum absolute atomic E-state index is 0.122. The van der Waals surface area contributed by atoms with E-state index in [1.807, 2.05) is 0 Å². The normalized spacial score (nSPS) is 21.2. The fraction of sp³-hybridized carbons (Fsp3) is 0.733. The number of anilines is 1. The van der Waals surface area contributed by atoms with E-state index < -0.39 is 0 Å². The molecule has 0 saturated heterocycles. The van der Waals surface area contributed by atoms with Gasteiger partial charge >= 0.3 is 0 Å². The van der Waals surface area contributed by atoms with E-state index in [-0.39, 0.29) is 17.9 Å². The lowest BCUT2D eigenvalue weighted by Gasteiger charge is -2.35. The number of nitrogens with zero attached hydrogens (tertiary/aromatic N) is 1. The summed E-state index contributed by atoms with van der Waals surface area (Å²) in [5.41, 5.74) is 7.52. The number of aromatic amines is 1. The van der Waals surface area contributed by atoms with Gasteiger partial charge in [0.25, 0.3) is 5.91 Å². The molecule has 1 aromatic rings. The van der Waals surface area contributed by atoms with Gasteiger partial charge in [0.15, 0.2) is 5.69 Å². The number of amides is 1. The number of aliphatic hydroxyl groups is 1. The number of rotatable bonds is 5. The van der Waals surface area contributed by atoms with Crippen molar-refractivity contribution in [2.24, 2.45) is 5.41 Å². The molecule has 0 unspecified atom stereocenters. The van der Waals surface area contributed by atoms with Crippen molar-refractivity contribution in [1.29, 1.82) is 0 Å². The van der Waals surface area contributed by atoms with Crippen molar-refractivity contribution in [1.82, 2.24) is 15.5 Å². The molecule has 1 aromatic heterocycles. The highest BCUT2D eigenvalue weighted by Gasteiger charge is 2.33. The summed E-state index contributed by atoms with van der Waals surface area (Å²) in [6.45, 7) is 0.615. The molecule has 0 bridgehead atoms. The van der Waals surface area contributed by atoms with Crippen LogP contribution in [0.25, 0.3) is 0 Å². The third-order valence-corrected chi connectivity index (χ3v) is 4.91. The third-order valence-electron chi connectivity index (χ3n) is 4.91. The fourth-order valence-electron chi connectivity index (χ4n) is 3.26. The van der Waals surface area contributed by atoms with Crippen molar-refractivity contribution in [3.63, 3.8) is 0 Å². The monoisotopic (exact) mass is 292 g/mol. The second-order valence-corrected chi connectivity index (χ2v) is 6.58. The zero-order chi connectivity index (χ0) is 14.9. The fourth-order valence-corrected chi connectivity index (χ4v) is 3.26. The number of nitrogens with one attached hydrogen (secondary N) is 2. The zero-order valence-electron chi connectivity index (χ0n) is 12.3. The SMILES string of the molecule is Nc1c(C(=O)NCC2(CO)CCCCC2)n[nH]c1C1CC1. The molecule has 21 heavy (non-hydrogen) atoms. The number of hydrogen-bond acceptors (Lipinski definition) is 4. The van der Waals surface area contributed by atoms with E-state index in [1.165, 1.54) is 6.42 Å². The second kappa shape index (κ2) is 5.67. The summed E-state index contributed by atoms with van der Waals surface area (Å²) in [5, 5.41) is 19.5. The number of nitrogen functional groups attached to an aromatic ring is 1. The van der Waals surface area contributed by atoms with Gasteiger partial charge < -0.3 is 16.2 Å². The van der Waals surface area contributed by atoms with Gasteiger partial charge in [-0.15, -0.1) is 0 Å². The van der Waals surface area contributed by atoms with E-state index in [0.717, 1.165) is 44.2 Å². The number of carbonyl (C=O) groups excluding carboxylic acids is 1. The summed E-state index contributed by atoms with van der Waals surface area (Å²) in [5.74, 6) is 0.204. The minimum atomic E-state index is -0.242. The van der Waals surface area contributed by atoms with E-state index in [2.05, 4.69) is 15.5 Å². The molecule has 0 radical (unpaired) electrons. The van der Waals surface area contributed by atoms with Crippen LogP contribution in [-0.2, 0) is 0 Å². The van der Waals surface area contributed by atoms with Crippen LogP contribution < -0.4 is 11.1 Å². The van der Waals surface area contributed by atoms with E-state index in [1.54, 1.807) is 0 Å². The van der Waals surface area contributed by atoms with Gasteiger partial charge in [-0.05, 0) is 25.7 Å². The van der Waals surface area contributed by atoms with E-state index in [9.17, 15) is 9.90 Å². The van der Waals surface area contributed by atoms with Crippen LogP contribution in [0.3, 0.4) is 0 Å². The lowest BCUT2D eigenvalue weighted by Crippen LogP contribution is -2.41. The van der Waals surface area contributed by atoms with Crippen molar-refractivity contribution < 1.29 is 9.90 Å². The van der Waals surface area contributed by atoms with Crippen LogP contribution >= 0.6 is 0 Å². The van der Waals surface area contributed by atoms with Crippen molar-refractivity contribution >= 4 is 11.6 Å². The van der Waals surface area contributed by atoms with Crippen LogP contribution in [0.5, 0.6) is 0 Å². The molecule has 6 nitrogen and oxygen atoms in total. The topological polar surface area (TPSA) is 104 Å². The molecule has 0 aromatic carbocycles. The number of carbonyl (C=O) groups is 1. The third kappa shape index (κ3) is 2.90. The van der Waals surface area contributed by atoms with Crippen molar-refractivity contribution in [2.75, 3.05) is 18.9 Å². The van der Waals surface area contributed by atoms with Crippen LogP contribution in [0.2, 0.25) is 0 Å². The Balaban J connectivity index is 1.63. The summed E-state index contributed by atoms with van der Waals surface area (Å²) < 4.78 is 0. The Morgan fingerprint density at radius 1 is 1.38 bits per heavy atom. The lowest BCUT2D eigenvalue weighted by molar-refractivity contribution is 0.0716. The molecular formula is C15H24N4O2. The van der Waals surface area contributed by atoms with Crippen molar-refractivity contribution in [3.8, 4) is 0 Å². The highest BCUT2D eigenvalue weighted by Crippen LogP contribution is 2.42. The van der Waals surface area contributed by atoms with Gasteiger partial charge in [0, 0.05) is 17.9 Å². The molecule has 0 aliphatic heterocycles. The van der Waals surface area contributed by atoms with Crippen LogP contribution in [0.15, 0.2) is 0 Å². The van der Waals surface area contributed by atoms with Gasteiger partial charge in [-0.2, -0.15) is 5.10 Å². The first-order valence-electron chi connectivity index (χ1n) is 7.88. The molecule has 116 valence electrons. The first kappa shape index (κ1) is 14.4. The summed E-state index contributed by atoms with van der Waals surface area (Å²) >= 11 is 0. The molecule has 0 atom stereocenters. The van der Waals surface area contributed by atoms with Crippen LogP contribution in [0.1, 0.15) is 67.0 Å². The summed E-state index contributed by atoms with van der Waals surface area (Å²) in [4.78, 5) is 12.3. The molecule has 1 heterocycles. The van der Waals surface area contributed by atoms with Crippen LogP contribution in [0.4, 0.5) is 5.69 Å². The smallest absolute Gasteiger partial charge is 0.273 e. The Labute approximate surface area is 124 Å². The number of H-pyrrole nitrogens is 1. The maximum absolute atomic E-state index is 12.3. The number of hydrogen-bond donors (Lipinski definition) is 4. The van der Waals surface area contributed by atoms with Gasteiger partial charge in [0.05, 0.1) is 18.0 Å². The molecule has 2 aliphatic rings. The number of nitrogens with two attached hydrogens (primary N) is 1. The zero-order valence-corrected chi connectivity index (χ0v) is 12.3. The number of aromatic nitrogens is 2. The van der Waals surface area contributed by atoms with Gasteiger partial charge in [0.2, 0.25) is 0 Å². The lowest BCUT2D eigenvalue weighted by atomic mass is 9.74. The average molecular weight is 292 g/mol. The molecule has 2 saturated carbocycles. The summed E-state index contributed by atoms with van der Waals surface area (Å²) in [7, 11) is 0. The Morgan fingerprint density at radius 2 is 2.10 bits per heavy atom. The minimum Gasteiger partial charge on any atom is -0.396 e. The molecule has 2 fully saturated rings. The van der Waals surface area contributed by atoms with Gasteiger partial charge in [0.1, 0.15) is 0 Å². The predicted octanol–water partition coefficient (Wildman–Crippen LogP) is 1.54. The molecule has 2 aliphatic carbocycles. The molecule has 3 rings (SSSR count). The molecular weight excluding hydrogens is 268 g/mol. The predicted molar refractivity (Wildman–Crippen MR) is 79.9 cm³/mol. The quantitative estimate of drug-likeness (QED) is 0.660. The summed E-state index contributed by atoms with van der Waals surface area (Å²) in [6.07, 6.45) is 7.61. The van der Waals surface area contributed by atoms with Crippen LogP contribution in [0, 0.1) is 5.41 Å². The average Bonchev–Trinajstić information content (AvgIpc) is 3.28. The summed E-state index contributed by atoms with van der Waals surface area (Å²) in [6, 6.07) is 0. The van der Waals surface area contributed by atoms with Crippen LogP contribution in [-0.4, -0.2) is 34.4 Å². The van der Waals surface area contributed by atoms with E-state index >= 15 is 0 Å². The highest BCUT2D eigenvalue weighted by atomic mass is 16.3. The van der Waals surface area contributed by atoms with E-state index in [0.29, 0.717) is 23.8 Å². The Morgan fingerprint density at radius 3 is 2.71 bits per heavy atom. The molecule has 5 N–H and O–H groups in total. The second-order valence-electron chi connectivity index (χ2n) is 6.58. The first-order valence-corrected chi connectivity index (χ1v) is 7.88. The van der Waals surface area contributed by atoms with Gasteiger partial charge in [-0.25, -0.2) is 0 Å². The maximum Gasteiger partial charge on any atom is 0.273 e. The Hall–Kier alpha value is -1.56. The van der Waals surface area contributed by atoms with Crippen molar-refractivity contribution in [2.45, 2.75) is 50.9 Å². The van der Waals surface area contributed by atoms with Gasteiger partial charge in [-0.1, -0.05) is 19.3 Å². The maximum atomic E-state index is 12.3. The largest absolute Gasteiger partial charge is 0.396 e. The standard InChI is InChI=1S/C15H24N4O2/c16-11-12(10-4-5-10)18-19-13(11)14(21)17-8-15(9-20)6-2-1-3-7-15/h10,20H,1-9,16H2,(H,17,21)(H,18,19). The highest BCUT2D eigenvalue weighted by molar-refractivity contribution is 5.97. The number of aliphatic hydroxyl groups excluding tert-OH is 1. The Kier molecular flexibility index (Phi) is 3.89. The molecule has 1 amide bonds. The van der Waals surface area contributed by atoms with Gasteiger partial charge in [-0.3, -0.25) is 9.89 Å². The molecule has 6 heteroatoms. The van der Waals surface area contributed by atoms with E-state index in [4.69, 9.17) is 5.73 Å².